The molecule has 0 aliphatic heterocycles. The second kappa shape index (κ2) is 5.34. The van der Waals surface area contributed by atoms with Crippen molar-refractivity contribution in [2.75, 3.05) is 13.7 Å². The number of ether oxygens (including phenoxy) is 1. The molecule has 0 radical (unpaired) electrons. The minimum Gasteiger partial charge on any atom is -0.497 e. The number of hydrogen-bond donors (Lipinski definition) is 2. The molecular weight excluding hydrogens is 246 g/mol. The maximum Gasteiger partial charge on any atom is 0.120 e. The van der Waals surface area contributed by atoms with Gasteiger partial charge in [0.25, 0.3) is 0 Å². The normalized spacial score (nSPS) is 12.6. The maximum atomic E-state index is 8.77. The predicted molar refractivity (Wildman–Crippen MR) is 59.3 cm³/mol. The lowest BCUT2D eigenvalue weighted by Crippen LogP contribution is -2.12. The van der Waals surface area contributed by atoms with Gasteiger partial charge in [0, 0.05) is 17.1 Å². The Hall–Kier alpha value is -0.580. The first kappa shape index (κ1) is 11.5. The molecule has 0 spiro atoms. The topological polar surface area (TPSA) is 55.5 Å². The van der Waals surface area contributed by atoms with Crippen molar-refractivity contribution in [1.82, 2.24) is 0 Å². The minimum atomic E-state index is -0.139. The SMILES string of the molecule is COc1ccc([C@@H](N)CCO)c(Br)c1. The van der Waals surface area contributed by atoms with Crippen molar-refractivity contribution < 1.29 is 9.84 Å². The van der Waals surface area contributed by atoms with Gasteiger partial charge in [-0.2, -0.15) is 0 Å². The summed E-state index contributed by atoms with van der Waals surface area (Å²) in [6.45, 7) is 0.0969. The number of halogens is 1. The number of nitrogens with two attached hydrogens (primary N) is 1. The van der Waals surface area contributed by atoms with E-state index in [2.05, 4.69) is 15.9 Å². The maximum absolute atomic E-state index is 8.77. The molecular formula is C10H14BrNO2. The van der Waals surface area contributed by atoms with Gasteiger partial charge in [-0.25, -0.2) is 0 Å². The van der Waals surface area contributed by atoms with Gasteiger partial charge >= 0.3 is 0 Å². The molecule has 0 aliphatic rings. The molecule has 1 rings (SSSR count). The molecule has 3 N–H and O–H groups in total. The molecule has 0 saturated carbocycles. The van der Waals surface area contributed by atoms with Gasteiger partial charge in [-0.3, -0.25) is 0 Å². The van der Waals surface area contributed by atoms with Crippen molar-refractivity contribution in [2.24, 2.45) is 5.73 Å². The summed E-state index contributed by atoms with van der Waals surface area (Å²) in [6, 6.07) is 5.49. The number of methoxy groups -OCH3 is 1. The predicted octanol–water partition coefficient (Wildman–Crippen LogP) is 1.84. The number of hydrogen-bond acceptors (Lipinski definition) is 3. The van der Waals surface area contributed by atoms with Crippen LogP contribution in [0.4, 0.5) is 0 Å². The van der Waals surface area contributed by atoms with Crippen LogP contribution in [0.15, 0.2) is 22.7 Å². The third-order valence-electron chi connectivity index (χ3n) is 2.05. The van der Waals surface area contributed by atoms with Gasteiger partial charge in [0.05, 0.1) is 7.11 Å². The fraction of sp³-hybridized carbons (Fsp3) is 0.400. The molecule has 4 heteroatoms. The Labute approximate surface area is 92.0 Å². The second-order valence-electron chi connectivity index (χ2n) is 3.01. The summed E-state index contributed by atoms with van der Waals surface area (Å²) in [7, 11) is 1.62. The molecule has 0 saturated heterocycles. The number of aliphatic hydroxyl groups excluding tert-OH is 1. The van der Waals surface area contributed by atoms with Crippen molar-refractivity contribution in [3.8, 4) is 5.75 Å². The Morgan fingerprint density at radius 3 is 2.79 bits per heavy atom. The van der Waals surface area contributed by atoms with Gasteiger partial charge in [0.15, 0.2) is 0 Å². The summed E-state index contributed by atoms with van der Waals surface area (Å²) in [5, 5.41) is 8.77. The summed E-state index contributed by atoms with van der Waals surface area (Å²) in [5.41, 5.74) is 6.85. The average Bonchev–Trinajstić information content (AvgIpc) is 2.17. The van der Waals surface area contributed by atoms with E-state index in [0.717, 1.165) is 15.8 Å². The summed E-state index contributed by atoms with van der Waals surface area (Å²) in [5.74, 6) is 0.789. The highest BCUT2D eigenvalue weighted by atomic mass is 79.9. The Morgan fingerprint density at radius 1 is 1.57 bits per heavy atom. The van der Waals surface area contributed by atoms with Crippen LogP contribution in [0, 0.1) is 0 Å². The number of rotatable bonds is 4. The lowest BCUT2D eigenvalue weighted by atomic mass is 10.1. The molecule has 14 heavy (non-hydrogen) atoms. The van der Waals surface area contributed by atoms with Gasteiger partial charge in [-0.05, 0) is 24.1 Å². The van der Waals surface area contributed by atoms with Crippen LogP contribution in [0.25, 0.3) is 0 Å². The standard InChI is InChI=1S/C10H14BrNO2/c1-14-7-2-3-8(9(11)6-7)10(12)4-5-13/h2-3,6,10,13H,4-5,12H2,1H3/t10-/m0/s1. The van der Waals surface area contributed by atoms with Crippen LogP contribution >= 0.6 is 15.9 Å². The summed E-state index contributed by atoms with van der Waals surface area (Å²) in [6.07, 6.45) is 0.560. The average molecular weight is 260 g/mol. The second-order valence-corrected chi connectivity index (χ2v) is 3.86. The van der Waals surface area contributed by atoms with Gasteiger partial charge in [-0.1, -0.05) is 22.0 Å². The Balaban J connectivity index is 2.88. The third kappa shape index (κ3) is 2.70. The highest BCUT2D eigenvalue weighted by molar-refractivity contribution is 9.10. The van der Waals surface area contributed by atoms with E-state index in [4.69, 9.17) is 15.6 Å². The Bertz CT molecular complexity index is 304. The van der Waals surface area contributed by atoms with E-state index >= 15 is 0 Å². The molecule has 0 unspecified atom stereocenters. The van der Waals surface area contributed by atoms with E-state index < -0.39 is 0 Å². The van der Waals surface area contributed by atoms with Gasteiger partial charge in [0.2, 0.25) is 0 Å². The van der Waals surface area contributed by atoms with Crippen molar-refractivity contribution in [1.29, 1.82) is 0 Å². The van der Waals surface area contributed by atoms with Gasteiger partial charge in [-0.15, -0.1) is 0 Å². The third-order valence-corrected chi connectivity index (χ3v) is 2.73. The first-order valence-corrected chi connectivity index (χ1v) is 5.18. The largest absolute Gasteiger partial charge is 0.497 e. The van der Waals surface area contributed by atoms with Crippen molar-refractivity contribution >= 4 is 15.9 Å². The Morgan fingerprint density at radius 2 is 2.29 bits per heavy atom. The quantitative estimate of drug-likeness (QED) is 0.868. The molecule has 0 bridgehead atoms. The van der Waals surface area contributed by atoms with E-state index in [0.29, 0.717) is 6.42 Å². The smallest absolute Gasteiger partial charge is 0.120 e. The zero-order chi connectivity index (χ0) is 10.6. The zero-order valence-corrected chi connectivity index (χ0v) is 9.62. The van der Waals surface area contributed by atoms with Crippen LogP contribution in [-0.2, 0) is 0 Å². The fourth-order valence-corrected chi connectivity index (χ4v) is 1.88. The fourth-order valence-electron chi connectivity index (χ4n) is 1.23. The lowest BCUT2D eigenvalue weighted by molar-refractivity contribution is 0.276. The highest BCUT2D eigenvalue weighted by Crippen LogP contribution is 2.27. The first-order valence-electron chi connectivity index (χ1n) is 4.39. The summed E-state index contributed by atoms with van der Waals surface area (Å²) in [4.78, 5) is 0. The van der Waals surface area contributed by atoms with Crippen LogP contribution < -0.4 is 10.5 Å². The van der Waals surface area contributed by atoms with Crippen molar-refractivity contribution in [3.05, 3.63) is 28.2 Å². The Kier molecular flexibility index (Phi) is 4.38. The number of aliphatic hydroxyl groups is 1. The van der Waals surface area contributed by atoms with Gasteiger partial charge < -0.3 is 15.6 Å². The van der Waals surface area contributed by atoms with Crippen molar-refractivity contribution in [3.63, 3.8) is 0 Å². The van der Waals surface area contributed by atoms with Crippen molar-refractivity contribution in [2.45, 2.75) is 12.5 Å². The first-order chi connectivity index (χ1) is 6.69. The molecule has 0 aliphatic carbocycles. The van der Waals surface area contributed by atoms with Crippen LogP contribution in [0.1, 0.15) is 18.0 Å². The summed E-state index contributed by atoms with van der Waals surface area (Å²) >= 11 is 3.42. The molecule has 3 nitrogen and oxygen atoms in total. The zero-order valence-electron chi connectivity index (χ0n) is 8.03. The molecule has 1 aromatic rings. The van der Waals surface area contributed by atoms with Gasteiger partial charge in [0.1, 0.15) is 5.75 Å². The highest BCUT2D eigenvalue weighted by Gasteiger charge is 2.09. The molecule has 0 fully saturated rings. The molecule has 0 amide bonds. The minimum absolute atomic E-state index is 0.0969. The lowest BCUT2D eigenvalue weighted by Gasteiger charge is -2.13. The molecule has 1 aromatic carbocycles. The molecule has 1 atom stereocenters. The van der Waals surface area contributed by atoms with E-state index in [1.54, 1.807) is 7.11 Å². The van der Waals surface area contributed by atoms with E-state index in [1.165, 1.54) is 0 Å². The van der Waals surface area contributed by atoms with E-state index in [-0.39, 0.29) is 12.6 Å². The van der Waals surface area contributed by atoms with E-state index in [9.17, 15) is 0 Å². The molecule has 78 valence electrons. The monoisotopic (exact) mass is 259 g/mol. The van der Waals surface area contributed by atoms with Crippen LogP contribution in [-0.4, -0.2) is 18.8 Å². The van der Waals surface area contributed by atoms with E-state index in [1.807, 2.05) is 18.2 Å². The molecule has 0 aromatic heterocycles. The molecule has 0 heterocycles. The van der Waals surface area contributed by atoms with Crippen LogP contribution in [0.2, 0.25) is 0 Å². The van der Waals surface area contributed by atoms with Crippen LogP contribution in [0.3, 0.4) is 0 Å². The van der Waals surface area contributed by atoms with Crippen LogP contribution in [0.5, 0.6) is 5.75 Å². The summed E-state index contributed by atoms with van der Waals surface area (Å²) < 4.78 is 5.98. The number of benzene rings is 1.